The standard InChI is InChI=1S/C8H7ClF2O2S2/c1-14-7-3-2-6(10)5(8(7)11)4-15(9,12)13/h2-3H,4H2,1H3. The predicted octanol–water partition coefficient (Wildman–Crippen LogP) is 2.76. The van der Waals surface area contributed by atoms with Crippen LogP contribution in [0.1, 0.15) is 5.56 Å². The van der Waals surface area contributed by atoms with Gasteiger partial charge in [-0.2, -0.15) is 0 Å². The molecule has 0 heterocycles. The summed E-state index contributed by atoms with van der Waals surface area (Å²) in [7, 11) is 0.975. The first-order valence-electron chi connectivity index (χ1n) is 3.78. The van der Waals surface area contributed by atoms with Gasteiger partial charge in [-0.15, -0.1) is 11.8 Å². The second-order valence-electron chi connectivity index (χ2n) is 2.73. The molecule has 0 amide bonds. The Kier molecular flexibility index (Phi) is 3.97. The number of hydrogen-bond acceptors (Lipinski definition) is 3. The largest absolute Gasteiger partial charge is 0.236 e. The molecule has 0 aromatic heterocycles. The Morgan fingerprint density at radius 3 is 2.47 bits per heavy atom. The van der Waals surface area contributed by atoms with E-state index in [1.54, 1.807) is 6.26 Å². The van der Waals surface area contributed by atoms with Gasteiger partial charge in [0.15, 0.2) is 0 Å². The second kappa shape index (κ2) is 4.67. The van der Waals surface area contributed by atoms with Gasteiger partial charge in [0.1, 0.15) is 11.6 Å². The van der Waals surface area contributed by atoms with E-state index in [0.717, 1.165) is 17.8 Å². The van der Waals surface area contributed by atoms with Crippen LogP contribution in [0.25, 0.3) is 0 Å². The van der Waals surface area contributed by atoms with Crippen LogP contribution in [0.15, 0.2) is 17.0 Å². The van der Waals surface area contributed by atoms with E-state index in [0.29, 0.717) is 0 Å². The molecule has 2 nitrogen and oxygen atoms in total. The van der Waals surface area contributed by atoms with E-state index in [4.69, 9.17) is 10.7 Å². The fourth-order valence-electron chi connectivity index (χ4n) is 1.04. The molecule has 0 spiro atoms. The van der Waals surface area contributed by atoms with Crippen molar-refractivity contribution in [1.82, 2.24) is 0 Å². The zero-order valence-corrected chi connectivity index (χ0v) is 10.0. The van der Waals surface area contributed by atoms with Gasteiger partial charge < -0.3 is 0 Å². The highest BCUT2D eigenvalue weighted by Gasteiger charge is 2.18. The second-order valence-corrected chi connectivity index (χ2v) is 6.35. The molecule has 15 heavy (non-hydrogen) atoms. The summed E-state index contributed by atoms with van der Waals surface area (Å²) in [6.45, 7) is 0. The number of thioether (sulfide) groups is 1. The molecule has 0 unspecified atom stereocenters. The van der Waals surface area contributed by atoms with Crippen molar-refractivity contribution < 1.29 is 17.2 Å². The average Bonchev–Trinajstić information content (AvgIpc) is 2.11. The molecular formula is C8H7ClF2O2S2. The summed E-state index contributed by atoms with van der Waals surface area (Å²) in [4.78, 5) is 0.187. The SMILES string of the molecule is CSc1ccc(F)c(CS(=O)(=O)Cl)c1F. The zero-order chi connectivity index (χ0) is 11.6. The number of hydrogen-bond donors (Lipinski definition) is 0. The number of halogens is 3. The van der Waals surface area contributed by atoms with E-state index in [-0.39, 0.29) is 4.90 Å². The van der Waals surface area contributed by atoms with Crippen LogP contribution in [-0.4, -0.2) is 14.7 Å². The molecular weight excluding hydrogens is 266 g/mol. The zero-order valence-electron chi connectivity index (χ0n) is 7.63. The van der Waals surface area contributed by atoms with Crippen LogP contribution in [-0.2, 0) is 14.8 Å². The van der Waals surface area contributed by atoms with E-state index >= 15 is 0 Å². The van der Waals surface area contributed by atoms with E-state index in [1.165, 1.54) is 6.07 Å². The van der Waals surface area contributed by atoms with E-state index in [1.807, 2.05) is 0 Å². The Balaban J connectivity index is 3.27. The summed E-state index contributed by atoms with van der Waals surface area (Å²) in [6, 6.07) is 2.27. The van der Waals surface area contributed by atoms with Crippen molar-refractivity contribution in [1.29, 1.82) is 0 Å². The number of rotatable bonds is 3. The Morgan fingerprint density at radius 2 is 2.00 bits per heavy atom. The normalized spacial score (nSPS) is 11.7. The monoisotopic (exact) mass is 272 g/mol. The van der Waals surface area contributed by atoms with Crippen molar-refractivity contribution in [2.75, 3.05) is 6.26 Å². The van der Waals surface area contributed by atoms with Crippen LogP contribution < -0.4 is 0 Å². The molecule has 1 aromatic rings. The molecule has 0 saturated heterocycles. The summed E-state index contributed by atoms with van der Waals surface area (Å²) >= 11 is 1.06. The smallest absolute Gasteiger partial charge is 0.212 e. The van der Waals surface area contributed by atoms with Gasteiger partial charge in [0.2, 0.25) is 9.05 Å². The average molecular weight is 273 g/mol. The summed E-state index contributed by atoms with van der Waals surface area (Å²) in [5.41, 5.74) is -0.517. The highest BCUT2D eigenvalue weighted by Crippen LogP contribution is 2.26. The molecule has 0 saturated carbocycles. The number of benzene rings is 1. The summed E-state index contributed by atoms with van der Waals surface area (Å²) < 4.78 is 48.1. The van der Waals surface area contributed by atoms with Gasteiger partial charge in [0.05, 0.1) is 5.75 Å². The molecule has 84 valence electrons. The van der Waals surface area contributed by atoms with Gasteiger partial charge in [0, 0.05) is 21.1 Å². The van der Waals surface area contributed by atoms with Crippen LogP contribution in [0.3, 0.4) is 0 Å². The Hall–Kier alpha value is -0.330. The van der Waals surface area contributed by atoms with Crippen LogP contribution >= 0.6 is 22.4 Å². The van der Waals surface area contributed by atoms with Gasteiger partial charge in [0.25, 0.3) is 0 Å². The highest BCUT2D eigenvalue weighted by molar-refractivity contribution is 8.13. The van der Waals surface area contributed by atoms with Crippen molar-refractivity contribution in [3.63, 3.8) is 0 Å². The van der Waals surface area contributed by atoms with E-state index in [2.05, 4.69) is 0 Å². The van der Waals surface area contributed by atoms with Crippen molar-refractivity contribution >= 4 is 31.5 Å². The lowest BCUT2D eigenvalue weighted by atomic mass is 10.2. The minimum atomic E-state index is -3.96. The van der Waals surface area contributed by atoms with Crippen LogP contribution in [0.2, 0.25) is 0 Å². The predicted molar refractivity (Wildman–Crippen MR) is 56.6 cm³/mol. The molecule has 0 aliphatic rings. The minimum Gasteiger partial charge on any atom is -0.212 e. The fourth-order valence-corrected chi connectivity index (χ4v) is 2.48. The first-order valence-corrected chi connectivity index (χ1v) is 7.48. The Bertz CT molecular complexity index is 474. The van der Waals surface area contributed by atoms with Crippen LogP contribution in [0, 0.1) is 11.6 Å². The van der Waals surface area contributed by atoms with Gasteiger partial charge in [-0.05, 0) is 18.4 Å². The molecule has 7 heteroatoms. The summed E-state index contributed by atoms with van der Waals surface area (Å²) in [5.74, 6) is -2.62. The quantitative estimate of drug-likeness (QED) is 0.627. The molecule has 0 N–H and O–H groups in total. The lowest BCUT2D eigenvalue weighted by molar-refractivity contribution is 0.543. The molecule has 0 radical (unpaired) electrons. The maximum Gasteiger partial charge on any atom is 0.236 e. The molecule has 0 bridgehead atoms. The van der Waals surface area contributed by atoms with Crippen LogP contribution in [0.5, 0.6) is 0 Å². The molecule has 0 fully saturated rings. The topological polar surface area (TPSA) is 34.1 Å². The maximum absolute atomic E-state index is 13.5. The van der Waals surface area contributed by atoms with Crippen molar-refractivity contribution in [3.8, 4) is 0 Å². The van der Waals surface area contributed by atoms with E-state index in [9.17, 15) is 17.2 Å². The van der Waals surface area contributed by atoms with Crippen LogP contribution in [0.4, 0.5) is 8.78 Å². The summed E-state index contributed by atoms with van der Waals surface area (Å²) in [5, 5.41) is 0. The lowest BCUT2D eigenvalue weighted by Gasteiger charge is -2.06. The third-order valence-corrected chi connectivity index (χ3v) is 3.40. The van der Waals surface area contributed by atoms with Crippen molar-refractivity contribution in [2.24, 2.45) is 0 Å². The molecule has 0 aliphatic heterocycles. The molecule has 1 rings (SSSR count). The maximum atomic E-state index is 13.5. The molecule has 0 atom stereocenters. The van der Waals surface area contributed by atoms with Crippen molar-refractivity contribution in [3.05, 3.63) is 29.3 Å². The van der Waals surface area contributed by atoms with Gasteiger partial charge in [-0.1, -0.05) is 0 Å². The lowest BCUT2D eigenvalue weighted by Crippen LogP contribution is -2.02. The molecule has 1 aromatic carbocycles. The molecule has 0 aliphatic carbocycles. The fraction of sp³-hybridized carbons (Fsp3) is 0.250. The minimum absolute atomic E-state index is 0.187. The third kappa shape index (κ3) is 3.32. The Labute approximate surface area is 95.0 Å². The Morgan fingerprint density at radius 1 is 1.40 bits per heavy atom. The van der Waals surface area contributed by atoms with Gasteiger partial charge in [-0.25, -0.2) is 17.2 Å². The van der Waals surface area contributed by atoms with Crippen molar-refractivity contribution in [2.45, 2.75) is 10.6 Å². The highest BCUT2D eigenvalue weighted by atomic mass is 35.7. The first kappa shape index (κ1) is 12.7. The first-order chi connectivity index (χ1) is 6.85. The van der Waals surface area contributed by atoms with Gasteiger partial charge in [-0.3, -0.25) is 0 Å². The third-order valence-electron chi connectivity index (χ3n) is 1.69. The van der Waals surface area contributed by atoms with E-state index < -0.39 is 32.0 Å². The van der Waals surface area contributed by atoms with Gasteiger partial charge >= 0.3 is 0 Å². The summed E-state index contributed by atoms with van der Waals surface area (Å²) in [6.07, 6.45) is 1.61.